The van der Waals surface area contributed by atoms with E-state index in [9.17, 15) is 24.0 Å². The van der Waals surface area contributed by atoms with Crippen molar-refractivity contribution in [3.8, 4) is 0 Å². The largest absolute Gasteiger partial charge is 0.384 e. The highest BCUT2D eigenvalue weighted by atomic mass is 16.5. The van der Waals surface area contributed by atoms with E-state index in [1.54, 1.807) is 0 Å². The first-order chi connectivity index (χ1) is 22.3. The fraction of sp³-hybridized carbons (Fsp3) is 0.514. The molecule has 0 spiro atoms. The van der Waals surface area contributed by atoms with Crippen LogP contribution in [0.25, 0.3) is 0 Å². The number of nitrogens with one attached hydrogen (secondary N) is 4. The quantitative estimate of drug-likeness (QED) is 0.137. The summed E-state index contributed by atoms with van der Waals surface area (Å²) in [6, 6.07) is 17.5. The molecular formula is C35H50N4O7. The van der Waals surface area contributed by atoms with Gasteiger partial charge in [0, 0.05) is 46.6 Å². The number of methoxy groups -OCH3 is 2. The van der Waals surface area contributed by atoms with Gasteiger partial charge in [-0.1, -0.05) is 54.6 Å². The van der Waals surface area contributed by atoms with Gasteiger partial charge in [-0.2, -0.15) is 0 Å². The van der Waals surface area contributed by atoms with Crippen molar-refractivity contribution in [2.45, 2.75) is 76.7 Å². The molecule has 0 aromatic heterocycles. The first-order valence-electron chi connectivity index (χ1n) is 16.1. The number of ether oxygens (including phenoxy) is 2. The van der Waals surface area contributed by atoms with Crippen LogP contribution >= 0.6 is 0 Å². The average Bonchev–Trinajstić information content (AvgIpc) is 3.05. The minimum Gasteiger partial charge on any atom is -0.384 e. The maximum Gasteiger partial charge on any atom is 0.242 e. The third-order valence-electron chi connectivity index (χ3n) is 7.30. The van der Waals surface area contributed by atoms with Crippen LogP contribution in [0.1, 0.15) is 68.1 Å². The highest BCUT2D eigenvalue weighted by Crippen LogP contribution is 2.11. The number of rotatable bonds is 23. The maximum atomic E-state index is 12.8. The predicted molar refractivity (Wildman–Crippen MR) is 176 cm³/mol. The van der Waals surface area contributed by atoms with Gasteiger partial charge in [0.15, 0.2) is 0 Å². The van der Waals surface area contributed by atoms with E-state index < -0.39 is 23.8 Å². The summed E-state index contributed by atoms with van der Waals surface area (Å²) in [4.78, 5) is 61.5. The second kappa shape index (κ2) is 23.3. The van der Waals surface area contributed by atoms with Crippen molar-refractivity contribution < 1.29 is 33.4 Å². The monoisotopic (exact) mass is 638 g/mol. The summed E-state index contributed by atoms with van der Waals surface area (Å²) in [5.74, 6) is -1.77. The van der Waals surface area contributed by atoms with Crippen LogP contribution in [0, 0.1) is 0 Å². The van der Waals surface area contributed by atoms with Crippen LogP contribution in [0.15, 0.2) is 54.6 Å². The number of imide groups is 1. The fourth-order valence-electron chi connectivity index (χ4n) is 4.71. The molecule has 11 nitrogen and oxygen atoms in total. The summed E-state index contributed by atoms with van der Waals surface area (Å²) < 4.78 is 9.81. The van der Waals surface area contributed by atoms with Crippen LogP contribution in [-0.2, 0) is 52.7 Å². The van der Waals surface area contributed by atoms with Gasteiger partial charge in [0.1, 0.15) is 6.04 Å². The van der Waals surface area contributed by atoms with Crippen LogP contribution in [0.5, 0.6) is 0 Å². The van der Waals surface area contributed by atoms with Crippen LogP contribution in [-0.4, -0.2) is 76.1 Å². The van der Waals surface area contributed by atoms with Crippen molar-refractivity contribution in [1.29, 1.82) is 0 Å². The molecule has 0 fully saturated rings. The first kappa shape index (κ1) is 38.1. The number of amides is 5. The number of aryl methyl sites for hydroxylation is 2. The number of unbranched alkanes of at least 4 members (excludes halogenated alkanes) is 2. The smallest absolute Gasteiger partial charge is 0.242 e. The second-order valence-corrected chi connectivity index (χ2v) is 11.1. The lowest BCUT2D eigenvalue weighted by atomic mass is 10.0. The molecule has 0 aliphatic carbocycles. The molecule has 2 rings (SSSR count). The van der Waals surface area contributed by atoms with E-state index in [4.69, 9.17) is 9.47 Å². The van der Waals surface area contributed by atoms with E-state index in [1.807, 2.05) is 30.3 Å². The topological polar surface area (TPSA) is 152 Å². The lowest BCUT2D eigenvalue weighted by Gasteiger charge is -2.18. The molecule has 0 bridgehead atoms. The molecule has 46 heavy (non-hydrogen) atoms. The van der Waals surface area contributed by atoms with E-state index in [2.05, 4.69) is 45.5 Å². The molecule has 0 aliphatic rings. The molecule has 5 amide bonds. The van der Waals surface area contributed by atoms with Gasteiger partial charge in [-0.15, -0.1) is 0 Å². The lowest BCUT2D eigenvalue weighted by Crippen LogP contribution is -2.47. The zero-order valence-corrected chi connectivity index (χ0v) is 27.2. The molecular weight excluding hydrogens is 588 g/mol. The summed E-state index contributed by atoms with van der Waals surface area (Å²) >= 11 is 0. The van der Waals surface area contributed by atoms with Crippen molar-refractivity contribution in [3.05, 3.63) is 71.3 Å². The third kappa shape index (κ3) is 17.4. The van der Waals surface area contributed by atoms with Crippen molar-refractivity contribution >= 4 is 29.5 Å². The maximum absolute atomic E-state index is 12.8. The Bertz CT molecular complexity index is 1210. The summed E-state index contributed by atoms with van der Waals surface area (Å²) in [6.07, 6.45) is 6.15. The normalized spacial score (nSPS) is 11.3. The molecule has 11 heteroatoms. The van der Waals surface area contributed by atoms with Crippen molar-refractivity contribution in [1.82, 2.24) is 21.3 Å². The molecule has 0 heterocycles. The molecule has 1 atom stereocenters. The zero-order valence-electron chi connectivity index (χ0n) is 27.2. The zero-order chi connectivity index (χ0) is 33.4. The molecule has 4 N–H and O–H groups in total. The van der Waals surface area contributed by atoms with Crippen LogP contribution in [0.2, 0.25) is 0 Å². The highest BCUT2D eigenvalue weighted by molar-refractivity contribution is 5.96. The van der Waals surface area contributed by atoms with Crippen molar-refractivity contribution in [3.63, 3.8) is 0 Å². The summed E-state index contributed by atoms with van der Waals surface area (Å²) in [7, 11) is 3.02. The van der Waals surface area contributed by atoms with Gasteiger partial charge in [-0.25, -0.2) is 0 Å². The Hall–Kier alpha value is -4.09. The number of hydrogen-bond donors (Lipinski definition) is 4. The predicted octanol–water partition coefficient (Wildman–Crippen LogP) is 2.79. The summed E-state index contributed by atoms with van der Waals surface area (Å²) in [5.41, 5.74) is 3.37. The summed E-state index contributed by atoms with van der Waals surface area (Å²) in [5, 5.41) is 10.5. The van der Waals surface area contributed by atoms with Gasteiger partial charge in [0.2, 0.25) is 29.5 Å². The molecule has 0 saturated heterocycles. The average molecular weight is 639 g/mol. The van der Waals surface area contributed by atoms with Gasteiger partial charge in [-0.05, 0) is 61.6 Å². The number of carbonyl (C=O) groups excluding carboxylic acids is 5. The van der Waals surface area contributed by atoms with Crippen molar-refractivity contribution in [2.75, 3.05) is 40.5 Å². The highest BCUT2D eigenvalue weighted by Gasteiger charge is 2.20. The molecule has 0 aliphatic heterocycles. The molecule has 0 radical (unpaired) electrons. The van der Waals surface area contributed by atoms with E-state index in [0.717, 1.165) is 31.2 Å². The second-order valence-electron chi connectivity index (χ2n) is 11.1. The molecule has 252 valence electrons. The Labute approximate surface area is 272 Å². The van der Waals surface area contributed by atoms with Gasteiger partial charge in [0.05, 0.1) is 19.6 Å². The first-order valence-corrected chi connectivity index (χ1v) is 16.1. The van der Waals surface area contributed by atoms with Crippen LogP contribution < -0.4 is 21.3 Å². The minimum atomic E-state index is -0.801. The van der Waals surface area contributed by atoms with Crippen LogP contribution in [0.3, 0.4) is 0 Å². The Morgan fingerprint density at radius 3 is 1.87 bits per heavy atom. The Balaban J connectivity index is 1.69. The number of benzene rings is 2. The SMILES string of the molecule is COCCC(=O)NCCCC[C@H](NC(=O)CCOC)C(=O)NCCC(=O)NC(=O)Cc1ccc(CCCCc2ccccc2)cc1. The number of hydrogen-bond acceptors (Lipinski definition) is 7. The van der Waals surface area contributed by atoms with Crippen LogP contribution in [0.4, 0.5) is 0 Å². The number of carbonyl (C=O) groups is 5. The Kier molecular flexibility index (Phi) is 19.3. The van der Waals surface area contributed by atoms with Gasteiger partial charge in [0.25, 0.3) is 0 Å². The van der Waals surface area contributed by atoms with E-state index >= 15 is 0 Å². The lowest BCUT2D eigenvalue weighted by molar-refractivity contribution is -0.131. The summed E-state index contributed by atoms with van der Waals surface area (Å²) in [6.45, 7) is 1.03. The van der Waals surface area contributed by atoms with Crippen molar-refractivity contribution in [2.24, 2.45) is 0 Å². The molecule has 2 aromatic rings. The Morgan fingerprint density at radius 1 is 0.609 bits per heavy atom. The standard InChI is InChI=1S/C35H50N4O7/c1-45-24-20-31(40)36-22-9-8-14-30(38-33(42)21-25-46-2)35(44)37-23-19-32(41)39-34(43)26-29-17-15-28(16-18-29)13-7-6-12-27-10-4-3-5-11-27/h3-5,10-11,15-18,30H,6-9,12-14,19-26H2,1-2H3,(H,36,40)(H,37,44)(H,38,42)(H,39,41,43)/t30-/m0/s1. The molecule has 2 aromatic carbocycles. The third-order valence-corrected chi connectivity index (χ3v) is 7.30. The minimum absolute atomic E-state index is 0.0108. The Morgan fingerprint density at radius 2 is 1.22 bits per heavy atom. The fourth-order valence-corrected chi connectivity index (χ4v) is 4.71. The van der Waals surface area contributed by atoms with E-state index in [-0.39, 0.29) is 50.6 Å². The molecule has 0 saturated carbocycles. The van der Waals surface area contributed by atoms with E-state index in [0.29, 0.717) is 32.4 Å². The molecule has 0 unspecified atom stereocenters. The van der Waals surface area contributed by atoms with Gasteiger partial charge < -0.3 is 25.4 Å². The van der Waals surface area contributed by atoms with E-state index in [1.165, 1.54) is 25.3 Å². The van der Waals surface area contributed by atoms with Gasteiger partial charge in [-0.3, -0.25) is 29.3 Å². The van der Waals surface area contributed by atoms with Gasteiger partial charge >= 0.3 is 0 Å².